The van der Waals surface area contributed by atoms with Gasteiger partial charge in [0.15, 0.2) is 17.5 Å². The van der Waals surface area contributed by atoms with E-state index >= 15 is 0 Å². The zero-order chi connectivity index (χ0) is 41.2. The van der Waals surface area contributed by atoms with Crippen molar-refractivity contribution in [1.29, 1.82) is 0 Å². The fourth-order valence-corrected chi connectivity index (χ4v) is 12.9. The Bertz CT molecular complexity index is 3740. The van der Waals surface area contributed by atoms with Gasteiger partial charge >= 0.3 is 0 Å². The molecule has 0 N–H and O–H groups in total. The topological polar surface area (TPSA) is 38.7 Å². The molecule has 0 aliphatic heterocycles. The van der Waals surface area contributed by atoms with E-state index < -0.39 is 5.41 Å². The largest absolute Gasteiger partial charge is 0.208 e. The molecule has 0 saturated carbocycles. The first-order valence-corrected chi connectivity index (χ1v) is 23.0. The van der Waals surface area contributed by atoms with Crippen LogP contribution in [0.5, 0.6) is 0 Å². The monoisotopic (exact) mass is 835 g/mol. The molecule has 2 aliphatic carbocycles. The fraction of sp³-hybridized carbons (Fsp3) is 0.0172. The maximum absolute atomic E-state index is 5.00. The van der Waals surface area contributed by atoms with Gasteiger partial charge in [0.05, 0.1) is 5.41 Å². The van der Waals surface area contributed by atoms with Crippen LogP contribution in [0.1, 0.15) is 22.3 Å². The summed E-state index contributed by atoms with van der Waals surface area (Å²) in [6, 6.07) is 73.1. The van der Waals surface area contributed by atoms with Crippen molar-refractivity contribution in [3.8, 4) is 67.5 Å². The fourth-order valence-electron chi connectivity index (χ4n) is 10.6. The highest BCUT2D eigenvalue weighted by Crippen LogP contribution is 2.65. The lowest BCUT2D eigenvalue weighted by molar-refractivity contribution is 0.803. The van der Waals surface area contributed by atoms with Crippen molar-refractivity contribution in [2.24, 2.45) is 0 Å². The molecule has 0 saturated heterocycles. The minimum Gasteiger partial charge on any atom is -0.208 e. The third-order valence-electron chi connectivity index (χ3n) is 13.4. The molecule has 292 valence electrons. The molecule has 0 amide bonds. The molecular formula is C58H33N3S2. The van der Waals surface area contributed by atoms with Gasteiger partial charge in [0.1, 0.15) is 0 Å². The summed E-state index contributed by atoms with van der Waals surface area (Å²) in [5.74, 6) is 1.97. The lowest BCUT2D eigenvalue weighted by Gasteiger charge is -2.31. The van der Waals surface area contributed by atoms with Crippen LogP contribution in [0.25, 0.3) is 108 Å². The summed E-state index contributed by atoms with van der Waals surface area (Å²) in [4.78, 5) is 14.9. The minimum absolute atomic E-state index is 0.463. The first-order chi connectivity index (χ1) is 31.2. The summed E-state index contributed by atoms with van der Waals surface area (Å²) < 4.78 is 5.28. The zero-order valence-electron chi connectivity index (χ0n) is 33.7. The Morgan fingerprint density at radius 1 is 0.302 bits per heavy atom. The summed E-state index contributed by atoms with van der Waals surface area (Å²) in [6.07, 6.45) is 0. The predicted molar refractivity (Wildman–Crippen MR) is 264 cm³/mol. The predicted octanol–water partition coefficient (Wildman–Crippen LogP) is 15.6. The van der Waals surface area contributed by atoms with Gasteiger partial charge in [0.25, 0.3) is 0 Å². The number of fused-ring (bicyclic) bond motifs is 17. The van der Waals surface area contributed by atoms with Crippen molar-refractivity contribution in [2.45, 2.75) is 5.41 Å². The van der Waals surface area contributed by atoms with Crippen LogP contribution in [0.3, 0.4) is 0 Å². The first-order valence-electron chi connectivity index (χ1n) is 21.3. The minimum atomic E-state index is -0.463. The Morgan fingerprint density at radius 3 is 1.51 bits per heavy atom. The SMILES string of the molecule is c1ccc(-c2nc(-c3ccccc3)nc(-c3ccc(-c4ccc5sc6ccc7c(c6c5c4)C4(c5ccccc5-c5ccccc54)c4cc5sc6ccccc6c5cc4-7)cc3)n2)cc1. The molecule has 0 bridgehead atoms. The van der Waals surface area contributed by atoms with E-state index in [0.717, 1.165) is 22.3 Å². The third kappa shape index (κ3) is 4.97. The van der Waals surface area contributed by atoms with Crippen molar-refractivity contribution in [3.05, 3.63) is 222 Å². The maximum atomic E-state index is 5.00. The van der Waals surface area contributed by atoms with Crippen LogP contribution >= 0.6 is 22.7 Å². The number of benzene rings is 9. The molecule has 1 spiro atoms. The standard InChI is InChI=1S/C58H33N3S2/c1-3-13-35(14-4-1)55-59-56(36-15-5-2-6-16-36)61-57(60-55)37-25-23-34(24-26-37)38-27-29-50-45(31-38)53-51(62-50)30-28-42-43-32-44-41-19-9-12-22-49(41)63-52(44)33-48(43)58(54(42)53)46-20-10-7-17-39(46)40-18-8-11-21-47(40)58/h1-33H. The third-order valence-corrected chi connectivity index (χ3v) is 15.6. The van der Waals surface area contributed by atoms with Crippen molar-refractivity contribution in [1.82, 2.24) is 15.0 Å². The second kappa shape index (κ2) is 13.2. The van der Waals surface area contributed by atoms with Gasteiger partial charge in [0.2, 0.25) is 0 Å². The van der Waals surface area contributed by atoms with E-state index in [9.17, 15) is 0 Å². The molecule has 0 radical (unpaired) electrons. The Labute approximate surface area is 371 Å². The van der Waals surface area contributed by atoms with Crippen LogP contribution in [-0.4, -0.2) is 15.0 Å². The Kier molecular flexibility index (Phi) is 7.36. The lowest BCUT2D eigenvalue weighted by Crippen LogP contribution is -2.26. The number of aromatic nitrogens is 3. The van der Waals surface area contributed by atoms with Gasteiger partial charge in [-0.2, -0.15) is 0 Å². The smallest absolute Gasteiger partial charge is 0.164 e. The molecule has 0 fully saturated rings. The van der Waals surface area contributed by atoms with Gasteiger partial charge in [-0.1, -0.05) is 164 Å². The quantitative estimate of drug-likeness (QED) is 0.177. The number of hydrogen-bond acceptors (Lipinski definition) is 5. The van der Waals surface area contributed by atoms with Crippen LogP contribution in [0.15, 0.2) is 200 Å². The van der Waals surface area contributed by atoms with Gasteiger partial charge in [-0.25, -0.2) is 15.0 Å². The van der Waals surface area contributed by atoms with E-state index in [1.54, 1.807) is 0 Å². The molecule has 3 heterocycles. The van der Waals surface area contributed by atoms with E-state index in [1.165, 1.54) is 90.4 Å². The van der Waals surface area contributed by atoms with Gasteiger partial charge in [-0.15, -0.1) is 22.7 Å². The number of hydrogen-bond donors (Lipinski definition) is 0. The van der Waals surface area contributed by atoms with Gasteiger partial charge in [0, 0.05) is 57.0 Å². The summed E-state index contributed by atoms with van der Waals surface area (Å²) in [5.41, 5.74) is 15.6. The van der Waals surface area contributed by atoms with Gasteiger partial charge in [-0.3, -0.25) is 0 Å². The second-order valence-electron chi connectivity index (χ2n) is 16.6. The summed E-state index contributed by atoms with van der Waals surface area (Å²) in [7, 11) is 0. The first kappa shape index (κ1) is 35.1. The summed E-state index contributed by atoms with van der Waals surface area (Å²) in [6.45, 7) is 0. The van der Waals surface area contributed by atoms with E-state index in [4.69, 9.17) is 15.0 Å². The van der Waals surface area contributed by atoms with E-state index in [0.29, 0.717) is 17.5 Å². The maximum Gasteiger partial charge on any atom is 0.164 e. The molecule has 63 heavy (non-hydrogen) atoms. The van der Waals surface area contributed by atoms with Crippen LogP contribution in [-0.2, 0) is 5.41 Å². The van der Waals surface area contributed by atoms with Crippen LogP contribution in [0, 0.1) is 0 Å². The molecular weight excluding hydrogens is 803 g/mol. The Hall–Kier alpha value is -7.57. The second-order valence-corrected chi connectivity index (χ2v) is 18.8. The average molecular weight is 836 g/mol. The number of rotatable bonds is 4. The summed E-state index contributed by atoms with van der Waals surface area (Å²) >= 11 is 3.81. The normalized spacial score (nSPS) is 13.2. The van der Waals surface area contributed by atoms with E-state index in [-0.39, 0.29) is 0 Å². The highest BCUT2D eigenvalue weighted by molar-refractivity contribution is 7.26. The lowest BCUT2D eigenvalue weighted by atomic mass is 9.69. The Morgan fingerprint density at radius 2 is 0.825 bits per heavy atom. The Balaban J connectivity index is 0.968. The molecule has 0 atom stereocenters. The number of thiophene rings is 2. The van der Waals surface area contributed by atoms with E-state index in [2.05, 4.69) is 140 Å². The van der Waals surface area contributed by atoms with E-state index in [1.807, 2.05) is 83.3 Å². The molecule has 3 nitrogen and oxygen atoms in total. The molecule has 3 aromatic heterocycles. The van der Waals surface area contributed by atoms with Crippen molar-refractivity contribution >= 4 is 63.0 Å². The molecule has 2 aliphatic rings. The average Bonchev–Trinajstić information content (AvgIpc) is 4.08. The van der Waals surface area contributed by atoms with Crippen LogP contribution < -0.4 is 0 Å². The number of nitrogens with zero attached hydrogens (tertiary/aromatic N) is 3. The highest BCUT2D eigenvalue weighted by atomic mass is 32.1. The van der Waals surface area contributed by atoms with Crippen molar-refractivity contribution < 1.29 is 0 Å². The van der Waals surface area contributed by atoms with Gasteiger partial charge in [-0.05, 0) is 92.0 Å². The van der Waals surface area contributed by atoms with Crippen LogP contribution in [0.2, 0.25) is 0 Å². The molecule has 0 unspecified atom stereocenters. The van der Waals surface area contributed by atoms with Crippen molar-refractivity contribution in [3.63, 3.8) is 0 Å². The highest BCUT2D eigenvalue weighted by Gasteiger charge is 2.53. The van der Waals surface area contributed by atoms with Gasteiger partial charge < -0.3 is 0 Å². The van der Waals surface area contributed by atoms with Crippen molar-refractivity contribution in [2.75, 3.05) is 0 Å². The van der Waals surface area contributed by atoms with Crippen LogP contribution in [0.4, 0.5) is 0 Å². The molecule has 14 rings (SSSR count). The molecule has 5 heteroatoms. The summed E-state index contributed by atoms with van der Waals surface area (Å²) in [5, 5.41) is 5.32. The molecule has 9 aromatic carbocycles. The molecule has 12 aromatic rings. The zero-order valence-corrected chi connectivity index (χ0v) is 35.3.